The Hall–Kier alpha value is -1.92. The van der Waals surface area contributed by atoms with Gasteiger partial charge in [-0.2, -0.15) is 0 Å². The average Bonchev–Trinajstić information content (AvgIpc) is 2.85. The molecule has 0 aliphatic carbocycles. The van der Waals surface area contributed by atoms with Crippen LogP contribution < -0.4 is 20.4 Å². The van der Waals surface area contributed by atoms with E-state index in [9.17, 15) is 9.59 Å². The third kappa shape index (κ3) is 8.54. The molecule has 1 aliphatic rings. The first-order chi connectivity index (χ1) is 13.7. The molecule has 1 aromatic carbocycles. The smallest absolute Gasteiger partial charge is 0.279 e. The highest BCUT2D eigenvalue weighted by Crippen LogP contribution is 2.20. The second-order valence-electron chi connectivity index (χ2n) is 9.48. The van der Waals surface area contributed by atoms with E-state index in [2.05, 4.69) is 36.6 Å². The first-order valence-corrected chi connectivity index (χ1v) is 11.0. The van der Waals surface area contributed by atoms with Crippen molar-refractivity contribution in [2.75, 3.05) is 44.6 Å². The van der Waals surface area contributed by atoms with E-state index in [0.29, 0.717) is 19.0 Å². The molecular weight excluding hydrogens is 364 g/mol. The van der Waals surface area contributed by atoms with Crippen LogP contribution in [0.1, 0.15) is 58.9 Å². The van der Waals surface area contributed by atoms with Crippen LogP contribution in [-0.4, -0.2) is 56.6 Å². The number of carbonyl (C=O) groups is 2. The molecule has 1 aliphatic heterocycles. The molecule has 0 aromatic heterocycles. The van der Waals surface area contributed by atoms with Gasteiger partial charge in [-0.1, -0.05) is 26.0 Å². The van der Waals surface area contributed by atoms with E-state index in [0.717, 1.165) is 44.7 Å². The molecule has 1 aromatic rings. The lowest BCUT2D eigenvalue weighted by molar-refractivity contribution is -0.930. The highest BCUT2D eigenvalue weighted by atomic mass is 16.2. The third-order valence-corrected chi connectivity index (χ3v) is 5.60. The predicted octanol–water partition coefficient (Wildman–Crippen LogP) is 0.227. The van der Waals surface area contributed by atoms with Crippen molar-refractivity contribution >= 4 is 17.5 Å². The zero-order valence-corrected chi connectivity index (χ0v) is 18.9. The van der Waals surface area contributed by atoms with Gasteiger partial charge in [-0.15, -0.1) is 0 Å². The second-order valence-corrected chi connectivity index (χ2v) is 9.48. The fourth-order valence-corrected chi connectivity index (χ4v) is 3.80. The molecule has 2 unspecified atom stereocenters. The molecule has 4 N–H and O–H groups in total. The van der Waals surface area contributed by atoms with Crippen molar-refractivity contribution in [2.24, 2.45) is 0 Å². The Bertz CT molecular complexity index is 666. The summed E-state index contributed by atoms with van der Waals surface area (Å²) in [5.41, 5.74) is 1.98. The molecule has 1 saturated heterocycles. The molecule has 2 rings (SSSR count). The summed E-state index contributed by atoms with van der Waals surface area (Å²) in [7, 11) is 0. The Balaban J connectivity index is 1.77. The van der Waals surface area contributed by atoms with E-state index < -0.39 is 0 Å². The number of anilines is 1. The van der Waals surface area contributed by atoms with Crippen LogP contribution in [0.5, 0.6) is 0 Å². The highest BCUT2D eigenvalue weighted by Gasteiger charge is 2.25. The van der Waals surface area contributed by atoms with Crippen LogP contribution in [0, 0.1) is 0 Å². The molecule has 6 heteroatoms. The van der Waals surface area contributed by atoms with E-state index in [1.807, 2.05) is 32.9 Å². The molecule has 6 nitrogen and oxygen atoms in total. The van der Waals surface area contributed by atoms with Crippen LogP contribution >= 0.6 is 0 Å². The molecule has 29 heavy (non-hydrogen) atoms. The first-order valence-electron chi connectivity index (χ1n) is 11.0. The van der Waals surface area contributed by atoms with Crippen LogP contribution in [0.15, 0.2) is 24.3 Å². The molecular formula is C23H40N4O2+2. The van der Waals surface area contributed by atoms with Gasteiger partial charge in [0.25, 0.3) is 11.8 Å². The largest absolute Gasteiger partial charge is 0.347 e. The predicted molar refractivity (Wildman–Crippen MR) is 117 cm³/mol. The van der Waals surface area contributed by atoms with Crippen molar-refractivity contribution in [3.63, 3.8) is 0 Å². The van der Waals surface area contributed by atoms with E-state index in [1.54, 1.807) is 0 Å². The van der Waals surface area contributed by atoms with Gasteiger partial charge in [-0.05, 0) is 50.8 Å². The summed E-state index contributed by atoms with van der Waals surface area (Å²) < 4.78 is 0. The minimum atomic E-state index is -0.190. The van der Waals surface area contributed by atoms with Crippen molar-refractivity contribution in [1.29, 1.82) is 0 Å². The third-order valence-electron chi connectivity index (χ3n) is 5.60. The van der Waals surface area contributed by atoms with Crippen LogP contribution in [0.3, 0.4) is 0 Å². The van der Waals surface area contributed by atoms with E-state index in [-0.39, 0.29) is 17.4 Å². The minimum absolute atomic E-state index is 0.0604. The number of benzene rings is 1. The topological polar surface area (TPSA) is 67.1 Å². The number of hydrogen-bond acceptors (Lipinski definition) is 2. The van der Waals surface area contributed by atoms with Gasteiger partial charge in [0.1, 0.15) is 13.1 Å². The number of quaternary nitrogens is 2. The SMILES string of the molecule is CC[C@@H](C)c1ccc(NC(=O)C[NH+]2CCC[NH+](CC(=O)NC(C)(C)C)CC2)cc1. The molecule has 1 heterocycles. The fourth-order valence-electron chi connectivity index (χ4n) is 3.80. The summed E-state index contributed by atoms with van der Waals surface area (Å²) in [4.78, 5) is 27.3. The minimum Gasteiger partial charge on any atom is -0.347 e. The Morgan fingerprint density at radius 3 is 2.03 bits per heavy atom. The van der Waals surface area contributed by atoms with Gasteiger partial charge < -0.3 is 20.4 Å². The van der Waals surface area contributed by atoms with Gasteiger partial charge in [-0.25, -0.2) is 0 Å². The zero-order chi connectivity index (χ0) is 21.4. The number of nitrogens with one attached hydrogen (secondary N) is 4. The van der Waals surface area contributed by atoms with Gasteiger partial charge in [0, 0.05) is 17.6 Å². The summed E-state index contributed by atoms with van der Waals surface area (Å²) >= 11 is 0. The molecule has 1 fully saturated rings. The standard InChI is InChI=1S/C23H38N4O2/c1-6-18(2)19-8-10-20(11-9-19)24-21(28)16-26-12-7-13-27(15-14-26)17-22(29)25-23(3,4)5/h8-11,18H,6-7,12-17H2,1-5H3,(H,24,28)(H,25,29)/p+2/t18-/m1/s1. The summed E-state index contributed by atoms with van der Waals surface area (Å²) in [6.45, 7) is 15.2. The van der Waals surface area contributed by atoms with E-state index in [1.165, 1.54) is 15.4 Å². The monoisotopic (exact) mass is 404 g/mol. The molecule has 0 bridgehead atoms. The average molecular weight is 405 g/mol. The maximum atomic E-state index is 12.5. The van der Waals surface area contributed by atoms with Gasteiger partial charge in [0.15, 0.2) is 13.1 Å². The number of amides is 2. The van der Waals surface area contributed by atoms with Crippen LogP contribution in [-0.2, 0) is 9.59 Å². The molecule has 0 radical (unpaired) electrons. The Labute approximate surface area is 176 Å². The quantitative estimate of drug-likeness (QED) is 0.526. The van der Waals surface area contributed by atoms with Crippen molar-refractivity contribution in [1.82, 2.24) is 5.32 Å². The van der Waals surface area contributed by atoms with Gasteiger partial charge in [0.05, 0.1) is 13.1 Å². The molecule has 0 saturated carbocycles. The number of rotatable bonds is 7. The lowest BCUT2D eigenvalue weighted by Gasteiger charge is -2.22. The summed E-state index contributed by atoms with van der Waals surface area (Å²) in [6.07, 6.45) is 2.14. The Morgan fingerprint density at radius 1 is 0.966 bits per heavy atom. The molecule has 2 amide bonds. The van der Waals surface area contributed by atoms with Crippen LogP contribution in [0.4, 0.5) is 5.69 Å². The molecule has 3 atom stereocenters. The van der Waals surface area contributed by atoms with Gasteiger partial charge in [-0.3, -0.25) is 9.59 Å². The number of hydrogen-bond donors (Lipinski definition) is 4. The molecule has 162 valence electrons. The lowest BCUT2D eigenvalue weighted by atomic mass is 9.99. The van der Waals surface area contributed by atoms with Crippen LogP contribution in [0.2, 0.25) is 0 Å². The highest BCUT2D eigenvalue weighted by molar-refractivity contribution is 5.91. The second kappa shape index (κ2) is 10.7. The first kappa shape index (κ1) is 23.4. The summed E-state index contributed by atoms with van der Waals surface area (Å²) in [5.74, 6) is 0.706. The Morgan fingerprint density at radius 2 is 1.52 bits per heavy atom. The van der Waals surface area contributed by atoms with Crippen molar-refractivity contribution in [3.05, 3.63) is 29.8 Å². The normalized spacial score (nSPS) is 21.1. The van der Waals surface area contributed by atoms with Gasteiger partial charge in [0.2, 0.25) is 0 Å². The summed E-state index contributed by atoms with van der Waals surface area (Å²) in [6, 6.07) is 8.20. The lowest BCUT2D eigenvalue weighted by Crippen LogP contribution is -3.18. The fraction of sp³-hybridized carbons (Fsp3) is 0.652. The molecule has 0 spiro atoms. The Kier molecular flexibility index (Phi) is 8.65. The van der Waals surface area contributed by atoms with Crippen molar-refractivity contribution in [2.45, 2.75) is 58.9 Å². The van der Waals surface area contributed by atoms with Crippen molar-refractivity contribution < 1.29 is 19.4 Å². The maximum Gasteiger partial charge on any atom is 0.279 e. The zero-order valence-electron chi connectivity index (χ0n) is 18.9. The van der Waals surface area contributed by atoms with Crippen LogP contribution in [0.25, 0.3) is 0 Å². The van der Waals surface area contributed by atoms with Gasteiger partial charge >= 0.3 is 0 Å². The van der Waals surface area contributed by atoms with E-state index >= 15 is 0 Å². The number of carbonyl (C=O) groups excluding carboxylic acids is 2. The van der Waals surface area contributed by atoms with E-state index in [4.69, 9.17) is 0 Å². The maximum absolute atomic E-state index is 12.5. The summed E-state index contributed by atoms with van der Waals surface area (Å²) in [5, 5.41) is 6.07. The van der Waals surface area contributed by atoms with Crippen molar-refractivity contribution in [3.8, 4) is 0 Å².